The molecule has 4 rings (SSSR count). The molecule has 0 aliphatic heterocycles. The molecule has 0 heterocycles. The maximum atomic E-state index is 13.2. The smallest absolute Gasteiger partial charge is 0.254 e. The van der Waals surface area contributed by atoms with Crippen molar-refractivity contribution < 1.29 is 23.9 Å². The van der Waals surface area contributed by atoms with Crippen LogP contribution >= 0.6 is 0 Å². The highest BCUT2D eigenvalue weighted by Crippen LogP contribution is 2.22. The van der Waals surface area contributed by atoms with Gasteiger partial charge in [-0.15, -0.1) is 0 Å². The van der Waals surface area contributed by atoms with Crippen LogP contribution in [-0.4, -0.2) is 48.9 Å². The SMILES string of the molecule is CN(CC(=O)N[C@@H](COCc1ccccc1)C(=O)Nc1ccc(Oc2ccccc2)cc1)C(=O)c1ccccc1. The van der Waals surface area contributed by atoms with E-state index in [0.717, 1.165) is 5.56 Å². The Labute approximate surface area is 233 Å². The number of para-hydroxylation sites is 1. The van der Waals surface area contributed by atoms with Gasteiger partial charge in [0.1, 0.15) is 17.5 Å². The summed E-state index contributed by atoms with van der Waals surface area (Å²) in [5.41, 5.74) is 1.94. The van der Waals surface area contributed by atoms with Crippen LogP contribution in [0.15, 0.2) is 115 Å². The van der Waals surface area contributed by atoms with Crippen LogP contribution in [-0.2, 0) is 20.9 Å². The van der Waals surface area contributed by atoms with Gasteiger partial charge < -0.3 is 25.0 Å². The van der Waals surface area contributed by atoms with Gasteiger partial charge in [-0.3, -0.25) is 14.4 Å². The van der Waals surface area contributed by atoms with Crippen LogP contribution in [0.2, 0.25) is 0 Å². The van der Waals surface area contributed by atoms with Crippen molar-refractivity contribution in [1.82, 2.24) is 10.2 Å². The fraction of sp³-hybridized carbons (Fsp3) is 0.156. The molecule has 0 radical (unpaired) electrons. The van der Waals surface area contributed by atoms with E-state index in [9.17, 15) is 14.4 Å². The quantitative estimate of drug-likeness (QED) is 0.268. The van der Waals surface area contributed by atoms with Gasteiger partial charge in [0, 0.05) is 18.3 Å². The minimum Gasteiger partial charge on any atom is -0.457 e. The lowest BCUT2D eigenvalue weighted by molar-refractivity contribution is -0.128. The van der Waals surface area contributed by atoms with E-state index in [4.69, 9.17) is 9.47 Å². The third kappa shape index (κ3) is 8.54. The first-order chi connectivity index (χ1) is 19.5. The molecule has 0 saturated carbocycles. The zero-order valence-electron chi connectivity index (χ0n) is 22.2. The Hall–Kier alpha value is -4.95. The second-order valence-electron chi connectivity index (χ2n) is 9.08. The number of nitrogens with one attached hydrogen (secondary N) is 2. The molecular weight excluding hydrogens is 506 g/mol. The molecule has 0 aromatic heterocycles. The van der Waals surface area contributed by atoms with Crippen molar-refractivity contribution in [3.63, 3.8) is 0 Å². The average molecular weight is 538 g/mol. The summed E-state index contributed by atoms with van der Waals surface area (Å²) in [6.07, 6.45) is 0. The molecule has 8 heteroatoms. The number of carbonyl (C=O) groups is 3. The number of likely N-dealkylation sites (N-methyl/N-ethyl adjacent to an activating group) is 1. The van der Waals surface area contributed by atoms with Crippen molar-refractivity contribution in [2.24, 2.45) is 0 Å². The van der Waals surface area contributed by atoms with Crippen LogP contribution in [0.4, 0.5) is 5.69 Å². The first kappa shape index (κ1) is 28.1. The molecule has 1 atom stereocenters. The summed E-state index contributed by atoms with van der Waals surface area (Å²) in [5.74, 6) is 0.0895. The van der Waals surface area contributed by atoms with E-state index < -0.39 is 17.9 Å². The van der Waals surface area contributed by atoms with Crippen molar-refractivity contribution in [3.8, 4) is 11.5 Å². The monoisotopic (exact) mass is 537 g/mol. The van der Waals surface area contributed by atoms with E-state index in [-0.39, 0.29) is 25.7 Å². The first-order valence-electron chi connectivity index (χ1n) is 12.8. The molecule has 0 unspecified atom stereocenters. The highest BCUT2D eigenvalue weighted by atomic mass is 16.5. The number of benzene rings is 4. The van der Waals surface area contributed by atoms with Gasteiger partial charge in [0.15, 0.2) is 0 Å². The maximum absolute atomic E-state index is 13.2. The summed E-state index contributed by atoms with van der Waals surface area (Å²) in [6.45, 7) is -0.00185. The summed E-state index contributed by atoms with van der Waals surface area (Å²) in [6, 6.07) is 33.5. The fourth-order valence-corrected chi connectivity index (χ4v) is 3.84. The van der Waals surface area contributed by atoms with E-state index in [1.54, 1.807) is 48.5 Å². The number of nitrogens with zero attached hydrogens (tertiary/aromatic N) is 1. The number of amides is 3. The Kier molecular flexibility index (Phi) is 10.0. The second-order valence-corrected chi connectivity index (χ2v) is 9.08. The summed E-state index contributed by atoms with van der Waals surface area (Å²) < 4.78 is 11.6. The van der Waals surface area contributed by atoms with Crippen LogP contribution < -0.4 is 15.4 Å². The van der Waals surface area contributed by atoms with Crippen molar-refractivity contribution in [2.75, 3.05) is 25.5 Å². The molecule has 4 aromatic rings. The molecule has 0 aliphatic rings. The van der Waals surface area contributed by atoms with E-state index >= 15 is 0 Å². The van der Waals surface area contributed by atoms with Crippen LogP contribution in [0.25, 0.3) is 0 Å². The van der Waals surface area contributed by atoms with Crippen LogP contribution in [0.1, 0.15) is 15.9 Å². The highest BCUT2D eigenvalue weighted by Gasteiger charge is 2.23. The molecule has 0 fully saturated rings. The normalized spacial score (nSPS) is 11.2. The van der Waals surface area contributed by atoms with Crippen LogP contribution in [0.5, 0.6) is 11.5 Å². The molecule has 8 nitrogen and oxygen atoms in total. The molecule has 3 amide bonds. The summed E-state index contributed by atoms with van der Waals surface area (Å²) in [5, 5.41) is 5.53. The van der Waals surface area contributed by atoms with Gasteiger partial charge in [-0.05, 0) is 54.1 Å². The standard InChI is InChI=1S/C32H31N3O5/c1-35(32(38)25-13-7-3-8-14-25)21-30(36)34-29(23-39-22-24-11-5-2-6-12-24)31(37)33-26-17-19-28(20-18-26)40-27-15-9-4-10-16-27/h2-20,29H,21-23H2,1H3,(H,33,37)(H,34,36)/t29-/m0/s1. The van der Waals surface area contributed by atoms with Crippen molar-refractivity contribution in [1.29, 1.82) is 0 Å². The Morgan fingerprint density at radius 3 is 1.98 bits per heavy atom. The molecule has 40 heavy (non-hydrogen) atoms. The third-order valence-corrected chi connectivity index (χ3v) is 5.90. The van der Waals surface area contributed by atoms with Gasteiger partial charge in [-0.1, -0.05) is 66.7 Å². The molecule has 4 aromatic carbocycles. The largest absolute Gasteiger partial charge is 0.457 e. The Balaban J connectivity index is 1.37. The van der Waals surface area contributed by atoms with E-state index in [2.05, 4.69) is 10.6 Å². The van der Waals surface area contributed by atoms with Gasteiger partial charge in [0.2, 0.25) is 11.8 Å². The minimum absolute atomic E-state index is 0.0575. The summed E-state index contributed by atoms with van der Waals surface area (Å²) in [4.78, 5) is 40.0. The molecule has 204 valence electrons. The average Bonchev–Trinajstić information content (AvgIpc) is 2.98. The van der Waals surface area contributed by atoms with Crippen molar-refractivity contribution in [2.45, 2.75) is 12.6 Å². The van der Waals surface area contributed by atoms with Crippen LogP contribution in [0.3, 0.4) is 0 Å². The molecule has 0 spiro atoms. The summed E-state index contributed by atoms with van der Waals surface area (Å²) >= 11 is 0. The lowest BCUT2D eigenvalue weighted by Gasteiger charge is -2.21. The van der Waals surface area contributed by atoms with Gasteiger partial charge in [-0.25, -0.2) is 0 Å². The predicted molar refractivity (Wildman–Crippen MR) is 153 cm³/mol. The number of hydrogen-bond acceptors (Lipinski definition) is 5. The van der Waals surface area contributed by atoms with Crippen molar-refractivity contribution >= 4 is 23.4 Å². The van der Waals surface area contributed by atoms with E-state index in [1.165, 1.54) is 11.9 Å². The molecular formula is C32H31N3O5. The Morgan fingerprint density at radius 2 is 1.32 bits per heavy atom. The van der Waals surface area contributed by atoms with Gasteiger partial charge in [-0.2, -0.15) is 0 Å². The van der Waals surface area contributed by atoms with Crippen molar-refractivity contribution in [3.05, 3.63) is 126 Å². The number of carbonyl (C=O) groups excluding carboxylic acids is 3. The van der Waals surface area contributed by atoms with Gasteiger partial charge in [0.25, 0.3) is 5.91 Å². The summed E-state index contributed by atoms with van der Waals surface area (Å²) in [7, 11) is 1.54. The number of hydrogen-bond donors (Lipinski definition) is 2. The molecule has 2 N–H and O–H groups in total. The Morgan fingerprint density at radius 1 is 0.750 bits per heavy atom. The lowest BCUT2D eigenvalue weighted by Crippen LogP contribution is -2.50. The second kappa shape index (κ2) is 14.3. The topological polar surface area (TPSA) is 97.0 Å². The maximum Gasteiger partial charge on any atom is 0.254 e. The molecule has 0 aliphatic carbocycles. The van der Waals surface area contributed by atoms with E-state index in [0.29, 0.717) is 22.7 Å². The lowest BCUT2D eigenvalue weighted by atomic mass is 10.2. The zero-order valence-corrected chi connectivity index (χ0v) is 22.2. The molecule has 0 bridgehead atoms. The first-order valence-corrected chi connectivity index (χ1v) is 12.8. The van der Waals surface area contributed by atoms with E-state index in [1.807, 2.05) is 66.7 Å². The minimum atomic E-state index is -0.989. The van der Waals surface area contributed by atoms with Gasteiger partial charge >= 0.3 is 0 Å². The molecule has 0 saturated heterocycles. The van der Waals surface area contributed by atoms with Gasteiger partial charge in [0.05, 0.1) is 19.8 Å². The number of rotatable bonds is 12. The van der Waals surface area contributed by atoms with Crippen LogP contribution in [0, 0.1) is 0 Å². The zero-order chi connectivity index (χ0) is 28.2. The number of ether oxygens (including phenoxy) is 2. The fourth-order valence-electron chi connectivity index (χ4n) is 3.84. The predicted octanol–water partition coefficient (Wildman–Crippen LogP) is 4.89. The highest BCUT2D eigenvalue weighted by molar-refractivity contribution is 5.99. The Bertz CT molecular complexity index is 1380. The number of anilines is 1. The third-order valence-electron chi connectivity index (χ3n) is 5.90.